The lowest BCUT2D eigenvalue weighted by Crippen LogP contribution is -2.51. The molecule has 0 rings (SSSR count). The van der Waals surface area contributed by atoms with E-state index < -0.39 is 36.9 Å². The predicted molar refractivity (Wildman–Crippen MR) is 114 cm³/mol. The molecule has 0 aliphatic heterocycles. The smallest absolute Gasteiger partial charge is 0.251 e. The summed E-state index contributed by atoms with van der Waals surface area (Å²) < 4.78 is 0. The first-order valence-electron chi connectivity index (χ1n) is 11.2. The second-order valence-electron chi connectivity index (χ2n) is 7.70. The molecule has 0 saturated heterocycles. The summed E-state index contributed by atoms with van der Waals surface area (Å²) >= 11 is 0. The van der Waals surface area contributed by atoms with E-state index in [0.29, 0.717) is 6.54 Å². The van der Waals surface area contributed by atoms with Crippen molar-refractivity contribution in [1.82, 2.24) is 5.32 Å². The van der Waals surface area contributed by atoms with E-state index in [4.69, 9.17) is 5.11 Å². The molecule has 0 aliphatic rings. The minimum Gasteiger partial charge on any atom is -0.394 e. The van der Waals surface area contributed by atoms with Crippen molar-refractivity contribution < 1.29 is 30.3 Å². The van der Waals surface area contributed by atoms with Crippen LogP contribution in [0.15, 0.2) is 12.2 Å². The van der Waals surface area contributed by atoms with Gasteiger partial charge in [-0.15, -0.1) is 0 Å². The van der Waals surface area contributed by atoms with Crippen LogP contribution < -0.4 is 5.32 Å². The van der Waals surface area contributed by atoms with E-state index in [2.05, 4.69) is 24.4 Å². The van der Waals surface area contributed by atoms with Gasteiger partial charge in [-0.3, -0.25) is 4.79 Å². The van der Waals surface area contributed by atoms with Gasteiger partial charge in [-0.2, -0.15) is 0 Å². The number of rotatable bonds is 19. The number of carbonyl (C=O) groups excluding carboxylic acids is 1. The van der Waals surface area contributed by atoms with Crippen LogP contribution in [0.5, 0.6) is 0 Å². The fourth-order valence-electron chi connectivity index (χ4n) is 3.01. The van der Waals surface area contributed by atoms with Crippen LogP contribution in [0, 0.1) is 0 Å². The van der Waals surface area contributed by atoms with Gasteiger partial charge >= 0.3 is 0 Å². The number of nitrogens with one attached hydrogen (secondary N) is 1. The Morgan fingerprint density at radius 1 is 0.793 bits per heavy atom. The molecule has 0 bridgehead atoms. The zero-order valence-electron chi connectivity index (χ0n) is 18.0. The van der Waals surface area contributed by atoms with Gasteiger partial charge in [0.25, 0.3) is 5.91 Å². The minimum atomic E-state index is -1.86. The Morgan fingerprint density at radius 3 is 1.86 bits per heavy atom. The highest BCUT2D eigenvalue weighted by Crippen LogP contribution is 2.09. The van der Waals surface area contributed by atoms with Gasteiger partial charge in [0, 0.05) is 6.54 Å². The second-order valence-corrected chi connectivity index (χ2v) is 7.70. The molecule has 0 heterocycles. The van der Waals surface area contributed by atoms with Crippen LogP contribution in [0.25, 0.3) is 0 Å². The summed E-state index contributed by atoms with van der Waals surface area (Å²) in [5.41, 5.74) is 0. The molecule has 0 aromatic carbocycles. The molecule has 0 aromatic heterocycles. The van der Waals surface area contributed by atoms with Crippen LogP contribution >= 0.6 is 0 Å². The van der Waals surface area contributed by atoms with Crippen molar-refractivity contribution >= 4 is 5.91 Å². The molecule has 172 valence electrons. The monoisotopic (exact) mass is 417 g/mol. The highest BCUT2D eigenvalue weighted by Gasteiger charge is 2.33. The third kappa shape index (κ3) is 14.6. The normalized spacial score (nSPS) is 15.9. The van der Waals surface area contributed by atoms with Gasteiger partial charge in [-0.1, -0.05) is 64.0 Å². The maximum Gasteiger partial charge on any atom is 0.251 e. The number of hydrogen-bond acceptors (Lipinski definition) is 6. The van der Waals surface area contributed by atoms with Crippen LogP contribution in [0.2, 0.25) is 0 Å². The summed E-state index contributed by atoms with van der Waals surface area (Å²) in [6.07, 6.45) is 11.4. The third-order valence-electron chi connectivity index (χ3n) is 5.01. The van der Waals surface area contributed by atoms with Crippen LogP contribution in [-0.4, -0.2) is 69.0 Å². The van der Waals surface area contributed by atoms with E-state index >= 15 is 0 Å². The largest absolute Gasteiger partial charge is 0.394 e. The quantitative estimate of drug-likeness (QED) is 0.140. The van der Waals surface area contributed by atoms with Crippen LogP contribution in [0.3, 0.4) is 0 Å². The van der Waals surface area contributed by atoms with Crippen molar-refractivity contribution in [2.75, 3.05) is 13.2 Å². The van der Waals surface area contributed by atoms with Crippen molar-refractivity contribution in [1.29, 1.82) is 0 Å². The van der Waals surface area contributed by atoms with Crippen LogP contribution in [-0.2, 0) is 4.79 Å². The van der Waals surface area contributed by atoms with Crippen molar-refractivity contribution in [2.45, 2.75) is 108 Å². The Balaban J connectivity index is 3.60. The average molecular weight is 418 g/mol. The standard InChI is InChI=1S/C22H43NO6/c1-2-3-4-5-6-7-8-9-10-11-12-13-14-15-16-23-22(29)21(28)20(27)19(26)18(25)17-24/h9-10,18-21,24-28H,2-8,11-17H2,1H3,(H,23,29)/b10-9+/t18-,19-,20+,21-/m1/s1. The summed E-state index contributed by atoms with van der Waals surface area (Å²) in [4.78, 5) is 11.7. The minimum absolute atomic E-state index is 0.370. The summed E-state index contributed by atoms with van der Waals surface area (Å²) in [6.45, 7) is 1.83. The highest BCUT2D eigenvalue weighted by molar-refractivity contribution is 5.81. The molecule has 7 heteroatoms. The van der Waals surface area contributed by atoms with Gasteiger partial charge in [-0.05, 0) is 32.1 Å². The van der Waals surface area contributed by atoms with Gasteiger partial charge in [0.05, 0.1) is 6.61 Å². The lowest BCUT2D eigenvalue weighted by atomic mass is 10.0. The molecule has 1 amide bonds. The number of allylic oxidation sites excluding steroid dienone is 2. The molecule has 0 unspecified atom stereocenters. The van der Waals surface area contributed by atoms with Gasteiger partial charge in [-0.25, -0.2) is 0 Å². The number of hydrogen-bond donors (Lipinski definition) is 6. The molecule has 0 spiro atoms. The number of aliphatic hydroxyl groups is 5. The first-order chi connectivity index (χ1) is 14.0. The summed E-state index contributed by atoms with van der Waals surface area (Å²) in [7, 11) is 0. The van der Waals surface area contributed by atoms with E-state index in [1.165, 1.54) is 38.5 Å². The molecule has 29 heavy (non-hydrogen) atoms. The summed E-state index contributed by atoms with van der Waals surface area (Å²) in [5, 5.41) is 49.3. The number of carbonyl (C=O) groups is 1. The predicted octanol–water partition coefficient (Wildman–Crippen LogP) is 1.80. The number of aliphatic hydroxyl groups excluding tert-OH is 5. The molecule has 0 saturated carbocycles. The highest BCUT2D eigenvalue weighted by atomic mass is 16.4. The van der Waals surface area contributed by atoms with E-state index in [0.717, 1.165) is 38.5 Å². The SMILES string of the molecule is CCCCCCCC/C=C/CCCCCCNC(=O)[C@H](O)[C@@H](O)[C@H](O)[C@H](O)CO. The maximum atomic E-state index is 11.7. The molecule has 4 atom stereocenters. The van der Waals surface area contributed by atoms with E-state index in [9.17, 15) is 25.2 Å². The fourth-order valence-corrected chi connectivity index (χ4v) is 3.01. The lowest BCUT2D eigenvalue weighted by molar-refractivity contribution is -0.148. The molecule has 0 aromatic rings. The van der Waals surface area contributed by atoms with Crippen molar-refractivity contribution in [3.8, 4) is 0 Å². The second kappa shape index (κ2) is 19.0. The Morgan fingerprint density at radius 2 is 1.31 bits per heavy atom. The molecule has 6 N–H and O–H groups in total. The fraction of sp³-hybridized carbons (Fsp3) is 0.864. The van der Waals surface area contributed by atoms with Gasteiger partial charge in [0.1, 0.15) is 18.3 Å². The lowest BCUT2D eigenvalue weighted by Gasteiger charge is -2.24. The van der Waals surface area contributed by atoms with E-state index in [-0.39, 0.29) is 0 Å². The van der Waals surface area contributed by atoms with Crippen LogP contribution in [0.4, 0.5) is 0 Å². The molecule has 7 nitrogen and oxygen atoms in total. The Labute approximate surface area is 175 Å². The van der Waals surface area contributed by atoms with Crippen molar-refractivity contribution in [2.24, 2.45) is 0 Å². The molecular formula is C22H43NO6. The molecular weight excluding hydrogens is 374 g/mol. The Bertz CT molecular complexity index is 418. The zero-order chi connectivity index (χ0) is 21.9. The van der Waals surface area contributed by atoms with Crippen molar-refractivity contribution in [3.63, 3.8) is 0 Å². The first-order valence-corrected chi connectivity index (χ1v) is 11.2. The van der Waals surface area contributed by atoms with Crippen molar-refractivity contribution in [3.05, 3.63) is 12.2 Å². The van der Waals surface area contributed by atoms with Gasteiger partial charge in [0.15, 0.2) is 6.10 Å². The van der Waals surface area contributed by atoms with Gasteiger partial charge in [0.2, 0.25) is 0 Å². The number of unbranched alkanes of at least 4 members (excludes halogenated alkanes) is 10. The maximum absolute atomic E-state index is 11.7. The summed E-state index contributed by atoms with van der Waals surface area (Å²) in [5.74, 6) is -0.806. The van der Waals surface area contributed by atoms with E-state index in [1.54, 1.807) is 0 Å². The average Bonchev–Trinajstić information content (AvgIpc) is 2.73. The van der Waals surface area contributed by atoms with E-state index in [1.807, 2.05) is 0 Å². The number of amides is 1. The topological polar surface area (TPSA) is 130 Å². The Hall–Kier alpha value is -0.990. The zero-order valence-corrected chi connectivity index (χ0v) is 18.0. The Kier molecular flexibility index (Phi) is 18.4. The first kappa shape index (κ1) is 28.0. The molecule has 0 aliphatic carbocycles. The molecule has 0 fully saturated rings. The summed E-state index contributed by atoms with van der Waals surface area (Å²) in [6, 6.07) is 0. The van der Waals surface area contributed by atoms with Crippen LogP contribution in [0.1, 0.15) is 84.0 Å². The molecule has 0 radical (unpaired) electrons. The third-order valence-corrected chi connectivity index (χ3v) is 5.01. The van der Waals surface area contributed by atoms with Gasteiger partial charge < -0.3 is 30.8 Å².